The van der Waals surface area contributed by atoms with Crippen LogP contribution in [0.3, 0.4) is 0 Å². The summed E-state index contributed by atoms with van der Waals surface area (Å²) in [5, 5.41) is 17.0. The molecule has 0 aliphatic carbocycles. The average Bonchev–Trinajstić information content (AvgIpc) is 3.45. The minimum Gasteiger partial charge on any atom is -0.394 e. The number of carbonyl (C=O) groups is 1. The number of nitrogens with one attached hydrogen (secondary N) is 2. The topological polar surface area (TPSA) is 130 Å². The van der Waals surface area contributed by atoms with Gasteiger partial charge in [0.15, 0.2) is 0 Å². The van der Waals surface area contributed by atoms with Crippen LogP contribution in [0.2, 0.25) is 0 Å². The maximum absolute atomic E-state index is 12.7. The normalized spacial score (nSPS) is 13.7. The van der Waals surface area contributed by atoms with Gasteiger partial charge in [-0.3, -0.25) is 4.79 Å². The van der Waals surface area contributed by atoms with Crippen molar-refractivity contribution in [2.75, 3.05) is 6.61 Å². The highest BCUT2D eigenvalue weighted by Gasteiger charge is 2.30. The lowest BCUT2D eigenvalue weighted by atomic mass is 10.0. The van der Waals surface area contributed by atoms with E-state index in [1.807, 2.05) is 24.3 Å². The second-order valence-corrected chi connectivity index (χ2v) is 7.45. The fourth-order valence-electron chi connectivity index (χ4n) is 3.40. The van der Waals surface area contributed by atoms with Crippen molar-refractivity contribution in [3.8, 4) is 11.4 Å². The Morgan fingerprint density at radius 1 is 1.18 bits per heavy atom. The molecule has 0 radical (unpaired) electrons. The molecule has 2 aromatic heterocycles. The number of H-pyrrole nitrogens is 1. The fourth-order valence-corrected chi connectivity index (χ4v) is 3.40. The fraction of sp³-hybridized carbons (Fsp3) is 0.227. The zero-order valence-corrected chi connectivity index (χ0v) is 17.1. The second-order valence-electron chi connectivity index (χ2n) is 7.45. The number of carbonyl (C=O) groups excluding carboxylic acids is 1. The number of hydrogen-bond acceptors (Lipinski definition) is 6. The van der Waals surface area contributed by atoms with E-state index in [1.165, 1.54) is 12.1 Å². The SMILES string of the molecule is NC(Cc1c[nH]c2ccccc12)C(=O)NC(CO)c1nc(-c2ccc(C(F)(F)F)cc2)no1. The molecule has 4 aromatic rings. The van der Waals surface area contributed by atoms with Gasteiger partial charge in [-0.2, -0.15) is 18.2 Å². The Hall–Kier alpha value is -3.70. The molecule has 5 N–H and O–H groups in total. The van der Waals surface area contributed by atoms with Crippen molar-refractivity contribution in [3.63, 3.8) is 0 Å². The van der Waals surface area contributed by atoms with Crippen molar-refractivity contribution in [2.24, 2.45) is 5.73 Å². The number of alkyl halides is 3. The van der Waals surface area contributed by atoms with Gasteiger partial charge in [0, 0.05) is 22.7 Å². The maximum atomic E-state index is 12.7. The van der Waals surface area contributed by atoms with Crippen LogP contribution < -0.4 is 11.1 Å². The zero-order valence-electron chi connectivity index (χ0n) is 17.1. The summed E-state index contributed by atoms with van der Waals surface area (Å²) >= 11 is 0. The number of aromatic nitrogens is 3. The standard InChI is InChI=1S/C22H20F3N5O3/c23-22(24,25)14-7-5-12(6-8-14)19-29-21(33-30-19)18(11-31)28-20(32)16(26)9-13-10-27-17-4-2-1-3-15(13)17/h1-8,10,16,18,27,31H,9,11,26H2,(H,28,32). The van der Waals surface area contributed by atoms with Gasteiger partial charge in [0.1, 0.15) is 6.04 Å². The highest BCUT2D eigenvalue weighted by atomic mass is 19.4. The number of aromatic amines is 1. The number of aliphatic hydroxyl groups excluding tert-OH is 1. The van der Waals surface area contributed by atoms with E-state index in [-0.39, 0.29) is 23.7 Å². The van der Waals surface area contributed by atoms with Gasteiger partial charge in [-0.05, 0) is 30.2 Å². The van der Waals surface area contributed by atoms with Crippen LogP contribution >= 0.6 is 0 Å². The molecule has 0 aliphatic rings. The smallest absolute Gasteiger partial charge is 0.394 e. The molecule has 172 valence electrons. The van der Waals surface area contributed by atoms with Crippen LogP contribution in [-0.4, -0.2) is 38.8 Å². The van der Waals surface area contributed by atoms with Crippen LogP contribution in [0.1, 0.15) is 23.1 Å². The van der Waals surface area contributed by atoms with Gasteiger partial charge >= 0.3 is 6.18 Å². The molecule has 11 heteroatoms. The van der Waals surface area contributed by atoms with Crippen LogP contribution in [0.25, 0.3) is 22.3 Å². The zero-order chi connectivity index (χ0) is 23.6. The summed E-state index contributed by atoms with van der Waals surface area (Å²) in [5.74, 6) is -0.608. The van der Waals surface area contributed by atoms with Crippen LogP contribution in [0.4, 0.5) is 13.2 Å². The van der Waals surface area contributed by atoms with Crippen molar-refractivity contribution in [2.45, 2.75) is 24.7 Å². The van der Waals surface area contributed by atoms with E-state index in [9.17, 15) is 23.1 Å². The Bertz CT molecular complexity index is 1250. The minimum absolute atomic E-state index is 0.0227. The Morgan fingerprint density at radius 3 is 2.61 bits per heavy atom. The molecule has 8 nitrogen and oxygen atoms in total. The lowest BCUT2D eigenvalue weighted by molar-refractivity contribution is -0.137. The molecule has 0 saturated heterocycles. The molecule has 0 aliphatic heterocycles. The van der Waals surface area contributed by atoms with Crippen molar-refractivity contribution in [1.82, 2.24) is 20.4 Å². The molecule has 33 heavy (non-hydrogen) atoms. The van der Waals surface area contributed by atoms with E-state index < -0.39 is 36.3 Å². The summed E-state index contributed by atoms with van der Waals surface area (Å²) in [6.45, 7) is -0.541. The summed E-state index contributed by atoms with van der Waals surface area (Å²) in [6.07, 6.45) is -2.41. The number of para-hydroxylation sites is 1. The molecule has 0 saturated carbocycles. The summed E-state index contributed by atoms with van der Waals surface area (Å²) in [7, 11) is 0. The van der Waals surface area contributed by atoms with E-state index in [4.69, 9.17) is 10.3 Å². The molecular formula is C22H20F3N5O3. The molecule has 2 atom stereocenters. The number of benzene rings is 2. The number of aliphatic hydroxyl groups is 1. The highest BCUT2D eigenvalue weighted by molar-refractivity contribution is 5.86. The van der Waals surface area contributed by atoms with Gasteiger partial charge in [-0.15, -0.1) is 0 Å². The van der Waals surface area contributed by atoms with Gasteiger partial charge in [0.2, 0.25) is 11.7 Å². The monoisotopic (exact) mass is 459 g/mol. The van der Waals surface area contributed by atoms with E-state index >= 15 is 0 Å². The first-order chi connectivity index (χ1) is 15.8. The van der Waals surface area contributed by atoms with Crippen molar-refractivity contribution in [1.29, 1.82) is 0 Å². The number of nitrogens with zero attached hydrogens (tertiary/aromatic N) is 2. The summed E-state index contributed by atoms with van der Waals surface area (Å²) < 4.78 is 43.3. The number of nitrogens with two attached hydrogens (primary N) is 1. The second kappa shape index (κ2) is 9.04. The first kappa shape index (κ1) is 22.5. The summed E-state index contributed by atoms with van der Waals surface area (Å²) in [6, 6.07) is 9.90. The van der Waals surface area contributed by atoms with Gasteiger partial charge in [0.25, 0.3) is 5.89 Å². The Morgan fingerprint density at radius 2 is 1.91 bits per heavy atom. The summed E-state index contributed by atoms with van der Waals surface area (Å²) in [4.78, 5) is 19.8. The molecule has 2 unspecified atom stereocenters. The lowest BCUT2D eigenvalue weighted by Gasteiger charge is -2.16. The van der Waals surface area contributed by atoms with Crippen molar-refractivity contribution in [3.05, 3.63) is 71.7 Å². The molecule has 0 spiro atoms. The highest BCUT2D eigenvalue weighted by Crippen LogP contribution is 2.30. The first-order valence-corrected chi connectivity index (χ1v) is 9.99. The number of fused-ring (bicyclic) bond motifs is 1. The third kappa shape index (κ3) is 4.89. The third-order valence-electron chi connectivity index (χ3n) is 5.16. The molecule has 4 rings (SSSR count). The Kier molecular flexibility index (Phi) is 6.16. The van der Waals surface area contributed by atoms with Crippen molar-refractivity contribution >= 4 is 16.8 Å². The average molecular weight is 459 g/mol. The predicted octanol–water partition coefficient (Wildman–Crippen LogP) is 2.96. The lowest BCUT2D eigenvalue weighted by Crippen LogP contribution is -2.44. The largest absolute Gasteiger partial charge is 0.416 e. The Balaban J connectivity index is 1.43. The van der Waals surface area contributed by atoms with Crippen molar-refractivity contribution < 1.29 is 27.6 Å². The molecule has 1 amide bonds. The van der Waals surface area contributed by atoms with Crippen LogP contribution in [0.5, 0.6) is 0 Å². The molecule has 0 fully saturated rings. The van der Waals surface area contributed by atoms with E-state index in [0.717, 1.165) is 28.6 Å². The quantitative estimate of drug-likeness (QED) is 0.336. The molecular weight excluding hydrogens is 439 g/mol. The van der Waals surface area contributed by atoms with Crippen LogP contribution in [0.15, 0.2) is 59.3 Å². The maximum Gasteiger partial charge on any atom is 0.416 e. The van der Waals surface area contributed by atoms with Gasteiger partial charge in [0.05, 0.1) is 18.2 Å². The summed E-state index contributed by atoms with van der Waals surface area (Å²) in [5.41, 5.74) is 7.34. The predicted molar refractivity (Wildman–Crippen MR) is 113 cm³/mol. The first-order valence-electron chi connectivity index (χ1n) is 9.99. The van der Waals surface area contributed by atoms with Gasteiger partial charge in [-0.25, -0.2) is 0 Å². The number of rotatable bonds is 7. The van der Waals surface area contributed by atoms with Gasteiger partial charge in [-0.1, -0.05) is 35.5 Å². The third-order valence-corrected chi connectivity index (χ3v) is 5.16. The Labute approximate surface area is 185 Å². The van der Waals surface area contributed by atoms with Gasteiger partial charge < -0.3 is 25.7 Å². The number of halogens is 3. The van der Waals surface area contributed by atoms with E-state index in [0.29, 0.717) is 0 Å². The van der Waals surface area contributed by atoms with Crippen LogP contribution in [0, 0.1) is 0 Å². The molecule has 2 heterocycles. The van der Waals surface area contributed by atoms with Crippen LogP contribution in [-0.2, 0) is 17.4 Å². The number of amides is 1. The molecule has 2 aromatic carbocycles. The molecule has 0 bridgehead atoms. The van der Waals surface area contributed by atoms with E-state index in [1.54, 1.807) is 6.20 Å². The van der Waals surface area contributed by atoms with E-state index in [2.05, 4.69) is 20.4 Å². The number of hydrogen-bond donors (Lipinski definition) is 4. The minimum atomic E-state index is -4.46.